The molecule has 0 saturated carbocycles. The van der Waals surface area contributed by atoms with Gasteiger partial charge in [-0.05, 0) is 0 Å². The number of hydrogen-bond acceptors (Lipinski definition) is 0. The van der Waals surface area contributed by atoms with Crippen LogP contribution in [0.2, 0.25) is 0 Å². The van der Waals surface area contributed by atoms with Gasteiger partial charge in [-0.1, -0.05) is 0 Å². The molecule has 208 valence electrons. The molecule has 0 unspecified atom stereocenters. The van der Waals surface area contributed by atoms with Crippen LogP contribution in [-0.2, 0) is 0 Å². The zero-order valence-electron chi connectivity index (χ0n) is 20.1. The van der Waals surface area contributed by atoms with Crippen molar-refractivity contribution in [2.45, 2.75) is 115 Å². The van der Waals surface area contributed by atoms with Crippen molar-refractivity contribution >= 4 is 7.26 Å². The Kier molecular flexibility index (Phi) is 13.1. The first-order chi connectivity index (χ1) is 15.4. The predicted octanol–water partition coefficient (Wildman–Crippen LogP) is 9.80. The number of rotatable bonds is 18. The van der Waals surface area contributed by atoms with Gasteiger partial charge in [-0.3, -0.25) is 0 Å². The topological polar surface area (TPSA) is 0 Å². The first kappa shape index (κ1) is 33.7. The van der Waals surface area contributed by atoms with Crippen molar-refractivity contribution in [1.82, 2.24) is 0 Å². The second-order valence-corrected chi connectivity index (χ2v) is 14.3. The second kappa shape index (κ2) is 13.3. The van der Waals surface area contributed by atoms with E-state index in [1.807, 2.05) is 13.8 Å². The molecule has 0 spiro atoms. The Balaban J connectivity index is 5.85. The van der Waals surface area contributed by atoms with Crippen LogP contribution in [0.15, 0.2) is 0 Å². The maximum atomic E-state index is 14.4. The molecule has 0 aromatic rings. The van der Waals surface area contributed by atoms with Crippen molar-refractivity contribution in [2.24, 2.45) is 0 Å². The van der Waals surface area contributed by atoms with E-state index in [9.17, 15) is 48.3 Å². The fourth-order valence-corrected chi connectivity index (χ4v) is 9.72. The van der Waals surface area contributed by atoms with E-state index in [1.54, 1.807) is 6.92 Å². The number of hydrogen-bond donors (Lipinski definition) is 0. The average molecular weight is 542 g/mol. The van der Waals surface area contributed by atoms with Gasteiger partial charge in [-0.2, -0.15) is 0 Å². The van der Waals surface area contributed by atoms with Crippen LogP contribution in [0.25, 0.3) is 0 Å². The van der Waals surface area contributed by atoms with Crippen LogP contribution in [0.5, 0.6) is 0 Å². The van der Waals surface area contributed by atoms with Gasteiger partial charge < -0.3 is 0 Å². The molecule has 0 bridgehead atoms. The first-order valence-corrected chi connectivity index (χ1v) is 14.8. The molecule has 0 aliphatic heterocycles. The van der Waals surface area contributed by atoms with E-state index in [2.05, 4.69) is 0 Å². The zero-order valence-corrected chi connectivity index (χ0v) is 21.1. The summed E-state index contributed by atoms with van der Waals surface area (Å²) < 4.78 is 147. The Morgan fingerprint density at radius 1 is 0.441 bits per heavy atom. The Bertz CT molecular complexity index is 562. The molecular formula is C22H38F11P. The van der Waals surface area contributed by atoms with Crippen molar-refractivity contribution in [2.75, 3.05) is 24.6 Å². The summed E-state index contributed by atoms with van der Waals surface area (Å²) in [5.41, 5.74) is 0. The zero-order chi connectivity index (χ0) is 26.9. The van der Waals surface area contributed by atoms with Gasteiger partial charge in [0.1, 0.15) is 0 Å². The van der Waals surface area contributed by atoms with Crippen molar-refractivity contribution in [3.05, 3.63) is 0 Å². The summed E-state index contributed by atoms with van der Waals surface area (Å²) in [5, 5.41) is 0. The third-order valence-corrected chi connectivity index (χ3v) is 12.2. The second-order valence-electron chi connectivity index (χ2n) is 9.30. The average Bonchev–Trinajstić information content (AvgIpc) is 2.72. The van der Waals surface area contributed by atoms with Crippen LogP contribution >= 0.6 is 7.26 Å². The minimum absolute atomic E-state index is 0.474. The first-order valence-electron chi connectivity index (χ1n) is 12.0. The Morgan fingerprint density at radius 2 is 0.882 bits per heavy atom. The summed E-state index contributed by atoms with van der Waals surface area (Å²) in [6.45, 7) is 5.70. The Hall–Kier alpha value is -0.340. The molecule has 12 heteroatoms. The molecule has 0 rings (SSSR count). The van der Waals surface area contributed by atoms with Crippen molar-refractivity contribution < 1.29 is 48.3 Å². The van der Waals surface area contributed by atoms with Gasteiger partial charge in [0.2, 0.25) is 0 Å². The molecule has 0 N–H and O–H groups in total. The van der Waals surface area contributed by atoms with Gasteiger partial charge in [-0.25, -0.2) is 0 Å². The van der Waals surface area contributed by atoms with E-state index >= 15 is 0 Å². The summed E-state index contributed by atoms with van der Waals surface area (Å²) in [7, 11) is -2.69. The fourth-order valence-electron chi connectivity index (χ4n) is 4.32. The SMILES string of the molecule is CCCCCC[PH](CCC)(CCCCCC)CCC(F)(F)C(F)(F)C(F)(F)C(F)(F)C(F)(F)F. The van der Waals surface area contributed by atoms with Crippen LogP contribution in [0.3, 0.4) is 0 Å². The van der Waals surface area contributed by atoms with Crippen LogP contribution in [0.1, 0.15) is 85.0 Å². The molecule has 0 nitrogen and oxygen atoms in total. The van der Waals surface area contributed by atoms with E-state index in [1.165, 1.54) is 0 Å². The van der Waals surface area contributed by atoms with Gasteiger partial charge in [0.15, 0.2) is 0 Å². The molecule has 0 fully saturated rings. The van der Waals surface area contributed by atoms with Gasteiger partial charge in [0.05, 0.1) is 0 Å². The third-order valence-electron chi connectivity index (χ3n) is 6.48. The summed E-state index contributed by atoms with van der Waals surface area (Å²) in [6, 6.07) is 0. The van der Waals surface area contributed by atoms with E-state index in [-0.39, 0.29) is 0 Å². The molecule has 0 aromatic carbocycles. The number of alkyl halides is 11. The summed E-state index contributed by atoms with van der Waals surface area (Å²) >= 11 is 0. The van der Waals surface area contributed by atoms with Gasteiger partial charge in [0, 0.05) is 0 Å². The molecule has 0 saturated heterocycles. The van der Waals surface area contributed by atoms with E-state index in [0.717, 1.165) is 38.5 Å². The molecule has 0 radical (unpaired) electrons. The number of unbranched alkanes of at least 4 members (excludes halogenated alkanes) is 6. The van der Waals surface area contributed by atoms with Gasteiger partial charge >= 0.3 is 195 Å². The summed E-state index contributed by atoms with van der Waals surface area (Å²) in [4.78, 5) is 0. The van der Waals surface area contributed by atoms with E-state index < -0.39 is 49.7 Å². The van der Waals surface area contributed by atoms with E-state index in [4.69, 9.17) is 0 Å². The van der Waals surface area contributed by atoms with Gasteiger partial charge in [-0.15, -0.1) is 0 Å². The number of halogens is 11. The van der Waals surface area contributed by atoms with E-state index in [0.29, 0.717) is 37.7 Å². The molecular weight excluding hydrogens is 504 g/mol. The summed E-state index contributed by atoms with van der Waals surface area (Å²) in [6.07, 6.45) is -1.06. The Labute approximate surface area is 195 Å². The van der Waals surface area contributed by atoms with Crippen molar-refractivity contribution in [3.8, 4) is 0 Å². The molecule has 0 aliphatic carbocycles. The summed E-state index contributed by atoms with van der Waals surface area (Å²) in [5.74, 6) is -27.2. The van der Waals surface area contributed by atoms with Crippen LogP contribution in [0, 0.1) is 0 Å². The van der Waals surface area contributed by atoms with Crippen LogP contribution in [-0.4, -0.2) is 54.5 Å². The maximum absolute atomic E-state index is 14.4. The third kappa shape index (κ3) is 8.09. The standard InChI is InChI=1S/C22H38F11P/c1-4-7-9-11-15-34(14-6-3,16-12-10-8-5-2)17-13-18(23,24)19(25,26)20(27,28)21(29,30)22(31,32)33/h34H,4-17H2,1-3H3. The van der Waals surface area contributed by atoms with Crippen LogP contribution < -0.4 is 0 Å². The molecule has 0 atom stereocenters. The molecule has 0 aliphatic rings. The molecule has 0 aromatic heterocycles. The van der Waals surface area contributed by atoms with Crippen molar-refractivity contribution in [3.63, 3.8) is 0 Å². The minimum atomic E-state index is -7.31. The normalized spacial score (nSPS) is 15.1. The fraction of sp³-hybridized carbons (Fsp3) is 1.00. The van der Waals surface area contributed by atoms with Crippen LogP contribution in [0.4, 0.5) is 48.3 Å². The molecule has 0 heterocycles. The van der Waals surface area contributed by atoms with Crippen molar-refractivity contribution in [1.29, 1.82) is 0 Å². The monoisotopic (exact) mass is 542 g/mol. The molecule has 0 amide bonds. The van der Waals surface area contributed by atoms with Gasteiger partial charge in [0.25, 0.3) is 0 Å². The quantitative estimate of drug-likeness (QED) is 0.0919. The Morgan fingerprint density at radius 3 is 1.24 bits per heavy atom. The molecule has 34 heavy (non-hydrogen) atoms. The predicted molar refractivity (Wildman–Crippen MR) is 117 cm³/mol.